The molecule has 1 heterocycles. The highest BCUT2D eigenvalue weighted by atomic mass is 16.8. The number of hydrogen-bond acceptors (Lipinski definition) is 6. The van der Waals surface area contributed by atoms with Gasteiger partial charge in [0, 0.05) is 5.56 Å². The molecule has 1 saturated heterocycles. The SMILES string of the molecule is CCCCCC1CCC(CCCCc2ccc(-c3ccc(C4OC(C(=O)OC)C(C(=O)OC)O4)cc3)cc2)CC1. The van der Waals surface area contributed by atoms with Crippen LogP contribution < -0.4 is 0 Å². The lowest BCUT2D eigenvalue weighted by Gasteiger charge is -2.28. The lowest BCUT2D eigenvalue weighted by molar-refractivity contribution is -0.160. The van der Waals surface area contributed by atoms with Gasteiger partial charge >= 0.3 is 11.9 Å². The quantitative estimate of drug-likeness (QED) is 0.189. The first-order chi connectivity index (χ1) is 19.5. The van der Waals surface area contributed by atoms with Crippen LogP contribution in [0.3, 0.4) is 0 Å². The Bertz CT molecular complexity index is 1030. The topological polar surface area (TPSA) is 71.1 Å². The van der Waals surface area contributed by atoms with Crippen molar-refractivity contribution in [3.63, 3.8) is 0 Å². The molecule has 1 saturated carbocycles. The summed E-state index contributed by atoms with van der Waals surface area (Å²) >= 11 is 0. The van der Waals surface area contributed by atoms with Crippen molar-refractivity contribution in [2.45, 2.75) is 102 Å². The molecule has 218 valence electrons. The minimum Gasteiger partial charge on any atom is -0.467 e. The van der Waals surface area contributed by atoms with Gasteiger partial charge in [0.25, 0.3) is 0 Å². The normalized spacial score (nSPS) is 24.5. The van der Waals surface area contributed by atoms with Gasteiger partial charge < -0.3 is 18.9 Å². The number of carbonyl (C=O) groups is 2. The van der Waals surface area contributed by atoms with Crippen LogP contribution in [0.4, 0.5) is 0 Å². The second kappa shape index (κ2) is 15.3. The van der Waals surface area contributed by atoms with Crippen molar-refractivity contribution >= 4 is 11.9 Å². The number of esters is 2. The molecule has 0 N–H and O–H groups in total. The van der Waals surface area contributed by atoms with E-state index in [4.69, 9.17) is 18.9 Å². The highest BCUT2D eigenvalue weighted by Crippen LogP contribution is 2.35. The van der Waals surface area contributed by atoms with E-state index in [9.17, 15) is 9.59 Å². The first kappa shape index (κ1) is 30.3. The molecule has 1 aliphatic carbocycles. The summed E-state index contributed by atoms with van der Waals surface area (Å²) in [5, 5.41) is 0. The van der Waals surface area contributed by atoms with Crippen LogP contribution in [0.25, 0.3) is 11.1 Å². The van der Waals surface area contributed by atoms with Crippen LogP contribution in [0.15, 0.2) is 48.5 Å². The summed E-state index contributed by atoms with van der Waals surface area (Å²) in [5.41, 5.74) is 4.31. The van der Waals surface area contributed by atoms with Crippen molar-refractivity contribution in [3.05, 3.63) is 59.7 Å². The van der Waals surface area contributed by atoms with Gasteiger partial charge in [0.15, 0.2) is 18.5 Å². The number of methoxy groups -OCH3 is 2. The van der Waals surface area contributed by atoms with Crippen molar-refractivity contribution in [2.24, 2.45) is 11.8 Å². The zero-order valence-corrected chi connectivity index (χ0v) is 24.4. The van der Waals surface area contributed by atoms with Crippen molar-refractivity contribution in [1.29, 1.82) is 0 Å². The predicted molar refractivity (Wildman–Crippen MR) is 156 cm³/mol. The summed E-state index contributed by atoms with van der Waals surface area (Å²) in [6, 6.07) is 16.6. The van der Waals surface area contributed by atoms with E-state index in [0.717, 1.165) is 29.4 Å². The fourth-order valence-electron chi connectivity index (χ4n) is 6.14. The van der Waals surface area contributed by atoms with Crippen molar-refractivity contribution in [1.82, 2.24) is 0 Å². The molecule has 2 aliphatic rings. The third-order valence-corrected chi connectivity index (χ3v) is 8.66. The van der Waals surface area contributed by atoms with Crippen LogP contribution in [0.2, 0.25) is 0 Å². The molecular formula is C34H46O6. The van der Waals surface area contributed by atoms with Crippen molar-refractivity contribution < 1.29 is 28.5 Å². The third-order valence-electron chi connectivity index (χ3n) is 8.66. The maximum atomic E-state index is 12.1. The summed E-state index contributed by atoms with van der Waals surface area (Å²) in [4.78, 5) is 24.1. The number of unbranched alkanes of at least 4 members (excludes halogenated alkanes) is 3. The van der Waals surface area contributed by atoms with Gasteiger partial charge in [0.1, 0.15) is 0 Å². The Morgan fingerprint density at radius 1 is 0.700 bits per heavy atom. The van der Waals surface area contributed by atoms with Gasteiger partial charge in [0.2, 0.25) is 0 Å². The molecule has 0 aromatic heterocycles. The molecule has 1 aliphatic heterocycles. The molecule has 0 spiro atoms. The Hall–Kier alpha value is -2.70. The van der Waals surface area contributed by atoms with Gasteiger partial charge in [-0.15, -0.1) is 0 Å². The number of rotatable bonds is 13. The maximum absolute atomic E-state index is 12.1. The largest absolute Gasteiger partial charge is 0.467 e. The molecule has 6 heteroatoms. The molecular weight excluding hydrogens is 504 g/mol. The fourth-order valence-corrected chi connectivity index (χ4v) is 6.14. The Labute approximate surface area is 239 Å². The van der Waals surface area contributed by atoms with Crippen LogP contribution in [-0.4, -0.2) is 38.4 Å². The molecule has 2 fully saturated rings. The van der Waals surface area contributed by atoms with Crippen molar-refractivity contribution in [2.75, 3.05) is 14.2 Å². The van der Waals surface area contributed by atoms with Crippen LogP contribution in [0.5, 0.6) is 0 Å². The van der Waals surface area contributed by atoms with E-state index >= 15 is 0 Å². The van der Waals surface area contributed by atoms with E-state index in [1.807, 2.05) is 24.3 Å². The summed E-state index contributed by atoms with van der Waals surface area (Å²) in [6.45, 7) is 2.29. The van der Waals surface area contributed by atoms with Crippen LogP contribution in [-0.2, 0) is 35.0 Å². The Morgan fingerprint density at radius 2 is 1.18 bits per heavy atom. The van der Waals surface area contributed by atoms with Crippen LogP contribution in [0.1, 0.15) is 95.0 Å². The fraction of sp³-hybridized carbons (Fsp3) is 0.588. The third kappa shape index (κ3) is 8.17. The minimum atomic E-state index is -1.16. The highest BCUT2D eigenvalue weighted by molar-refractivity contribution is 5.86. The molecule has 2 unspecified atom stereocenters. The molecule has 4 rings (SSSR count). The van der Waals surface area contributed by atoms with E-state index in [-0.39, 0.29) is 0 Å². The van der Waals surface area contributed by atoms with Gasteiger partial charge in [-0.25, -0.2) is 9.59 Å². The molecule has 2 aromatic carbocycles. The highest BCUT2D eigenvalue weighted by Gasteiger charge is 2.47. The number of benzene rings is 2. The van der Waals surface area contributed by atoms with Gasteiger partial charge in [-0.2, -0.15) is 0 Å². The molecule has 40 heavy (non-hydrogen) atoms. The summed E-state index contributed by atoms with van der Waals surface area (Å²) in [5.74, 6) is 0.607. The molecule has 2 aromatic rings. The number of carbonyl (C=O) groups excluding carboxylic acids is 2. The average Bonchev–Trinajstić information content (AvgIpc) is 3.45. The number of aryl methyl sites for hydroxylation is 1. The predicted octanol–water partition coefficient (Wildman–Crippen LogP) is 7.58. The maximum Gasteiger partial charge on any atom is 0.338 e. The molecule has 0 bridgehead atoms. The first-order valence-electron chi connectivity index (χ1n) is 15.2. The Morgan fingerprint density at radius 3 is 1.65 bits per heavy atom. The van der Waals surface area contributed by atoms with Gasteiger partial charge in [-0.1, -0.05) is 120 Å². The standard InChI is InChI=1S/C34H46O6/c1-4-5-6-9-24-12-14-25(15-13-24)10-7-8-11-26-16-18-27(19-17-26)28-20-22-29(23-21-28)34-39-30(32(35)37-2)31(40-34)33(36)38-3/h16-25,30-31,34H,4-15H2,1-3H3. The van der Waals surface area contributed by atoms with Crippen molar-refractivity contribution in [3.8, 4) is 11.1 Å². The smallest absolute Gasteiger partial charge is 0.338 e. The monoisotopic (exact) mass is 550 g/mol. The van der Waals surface area contributed by atoms with E-state index in [0.29, 0.717) is 5.56 Å². The lowest BCUT2D eigenvalue weighted by atomic mass is 9.78. The van der Waals surface area contributed by atoms with E-state index < -0.39 is 30.4 Å². The molecule has 2 atom stereocenters. The van der Waals surface area contributed by atoms with E-state index in [1.54, 1.807) is 0 Å². The van der Waals surface area contributed by atoms with Gasteiger partial charge in [0.05, 0.1) is 14.2 Å². The van der Waals surface area contributed by atoms with Gasteiger partial charge in [-0.3, -0.25) is 0 Å². The van der Waals surface area contributed by atoms with Crippen LogP contribution >= 0.6 is 0 Å². The summed E-state index contributed by atoms with van der Waals surface area (Å²) in [7, 11) is 2.49. The molecule has 0 radical (unpaired) electrons. The second-order valence-corrected chi connectivity index (χ2v) is 11.4. The minimum absolute atomic E-state index is 0.671. The number of hydrogen-bond donors (Lipinski definition) is 0. The number of ether oxygens (including phenoxy) is 4. The molecule has 6 nitrogen and oxygen atoms in total. The molecule has 0 amide bonds. The average molecular weight is 551 g/mol. The second-order valence-electron chi connectivity index (χ2n) is 11.4. The first-order valence-corrected chi connectivity index (χ1v) is 15.2. The summed E-state index contributed by atoms with van der Waals surface area (Å²) in [6.07, 6.45) is 13.3. The zero-order chi connectivity index (χ0) is 28.3. The van der Waals surface area contributed by atoms with Crippen LogP contribution in [0, 0.1) is 11.8 Å². The Kier molecular flexibility index (Phi) is 11.6. The Balaban J connectivity index is 1.21. The van der Waals surface area contributed by atoms with E-state index in [1.165, 1.54) is 90.4 Å². The lowest BCUT2D eigenvalue weighted by Crippen LogP contribution is -2.38. The summed E-state index contributed by atoms with van der Waals surface area (Å²) < 4.78 is 20.9. The van der Waals surface area contributed by atoms with E-state index in [2.05, 4.69) is 31.2 Å². The zero-order valence-electron chi connectivity index (χ0n) is 24.4. The van der Waals surface area contributed by atoms with Gasteiger partial charge in [-0.05, 0) is 41.4 Å².